The van der Waals surface area contributed by atoms with Crippen LogP contribution in [0.3, 0.4) is 0 Å². The normalized spacial score (nSPS) is 23.3. The number of morpholine rings is 1. The van der Waals surface area contributed by atoms with Gasteiger partial charge in [0.05, 0.1) is 19.3 Å². The molecule has 0 radical (unpaired) electrons. The average molecular weight is 263 g/mol. The fourth-order valence-electron chi connectivity index (χ4n) is 2.98. The maximum Gasteiger partial charge on any atom is 0.135 e. The van der Waals surface area contributed by atoms with Crippen molar-refractivity contribution in [2.75, 3.05) is 31.2 Å². The van der Waals surface area contributed by atoms with Crippen molar-refractivity contribution in [3.8, 4) is 0 Å². The van der Waals surface area contributed by atoms with Crippen molar-refractivity contribution < 1.29 is 9.84 Å². The lowest BCUT2D eigenvalue weighted by Crippen LogP contribution is -2.45. The first-order valence-corrected chi connectivity index (χ1v) is 7.11. The minimum Gasteiger partial charge on any atom is -0.394 e. The van der Waals surface area contributed by atoms with Gasteiger partial charge < -0.3 is 14.7 Å². The first kappa shape index (κ1) is 12.8. The topological polar surface area (TPSA) is 58.5 Å². The molecule has 2 heterocycles. The highest BCUT2D eigenvalue weighted by molar-refractivity contribution is 5.50. The zero-order valence-corrected chi connectivity index (χ0v) is 11.4. The van der Waals surface area contributed by atoms with E-state index in [2.05, 4.69) is 14.9 Å². The Morgan fingerprint density at radius 2 is 2.16 bits per heavy atom. The Morgan fingerprint density at radius 1 is 1.32 bits per heavy atom. The van der Waals surface area contributed by atoms with Gasteiger partial charge in [0.15, 0.2) is 0 Å². The van der Waals surface area contributed by atoms with E-state index in [0.29, 0.717) is 6.61 Å². The number of aliphatic hydroxyl groups is 1. The second-order valence-corrected chi connectivity index (χ2v) is 5.35. The lowest BCUT2D eigenvalue weighted by molar-refractivity contribution is 0.00329. The molecule has 0 bridgehead atoms. The van der Waals surface area contributed by atoms with Gasteiger partial charge in [-0.05, 0) is 32.6 Å². The lowest BCUT2D eigenvalue weighted by Gasteiger charge is -2.35. The van der Waals surface area contributed by atoms with Crippen molar-refractivity contribution in [2.45, 2.75) is 38.7 Å². The third-order valence-electron chi connectivity index (χ3n) is 3.92. The molecule has 1 aromatic heterocycles. The summed E-state index contributed by atoms with van der Waals surface area (Å²) in [6, 6.07) is 0. The molecule has 19 heavy (non-hydrogen) atoms. The van der Waals surface area contributed by atoms with Gasteiger partial charge in [-0.3, -0.25) is 0 Å². The zero-order valence-electron chi connectivity index (χ0n) is 11.4. The summed E-state index contributed by atoms with van der Waals surface area (Å²) in [5.41, 5.74) is 2.54. The number of aliphatic hydroxyl groups excluding tert-OH is 1. The number of hydrogen-bond acceptors (Lipinski definition) is 5. The Hall–Kier alpha value is -1.20. The Balaban J connectivity index is 1.92. The highest BCUT2D eigenvalue weighted by Crippen LogP contribution is 2.28. The summed E-state index contributed by atoms with van der Waals surface area (Å²) >= 11 is 0. The zero-order chi connectivity index (χ0) is 13.2. The quantitative estimate of drug-likeness (QED) is 0.857. The second kappa shape index (κ2) is 5.43. The van der Waals surface area contributed by atoms with Gasteiger partial charge in [-0.25, -0.2) is 9.97 Å². The van der Waals surface area contributed by atoms with E-state index >= 15 is 0 Å². The molecule has 0 spiro atoms. The number of rotatable bonds is 2. The van der Waals surface area contributed by atoms with Crippen molar-refractivity contribution in [3.63, 3.8) is 0 Å². The van der Waals surface area contributed by atoms with Crippen LogP contribution in [0.4, 0.5) is 5.82 Å². The van der Waals surface area contributed by atoms with Crippen LogP contribution in [0.15, 0.2) is 0 Å². The van der Waals surface area contributed by atoms with Gasteiger partial charge in [-0.15, -0.1) is 0 Å². The maximum absolute atomic E-state index is 9.26. The lowest BCUT2D eigenvalue weighted by atomic mass is 9.96. The van der Waals surface area contributed by atoms with Crippen LogP contribution in [-0.4, -0.2) is 47.5 Å². The molecule has 1 aliphatic carbocycles. The maximum atomic E-state index is 9.26. The standard InChI is InChI=1S/C14H21N3O2/c1-10-15-13-5-3-2-4-12(13)14(16-10)17-6-7-19-11(8-17)9-18/h11,18H,2-9H2,1H3. The monoisotopic (exact) mass is 263 g/mol. The van der Waals surface area contributed by atoms with Crippen molar-refractivity contribution in [3.05, 3.63) is 17.1 Å². The van der Waals surface area contributed by atoms with Crippen LogP contribution < -0.4 is 4.90 Å². The molecule has 1 aliphatic heterocycles. The van der Waals surface area contributed by atoms with E-state index in [1.54, 1.807) is 0 Å². The van der Waals surface area contributed by atoms with Crippen LogP contribution in [0, 0.1) is 6.92 Å². The molecule has 0 saturated carbocycles. The number of nitrogens with zero attached hydrogens (tertiary/aromatic N) is 3. The number of aryl methyl sites for hydroxylation is 2. The SMILES string of the molecule is Cc1nc2c(c(N3CCOC(CO)C3)n1)CCCC2. The fraction of sp³-hybridized carbons (Fsp3) is 0.714. The van der Waals surface area contributed by atoms with E-state index in [-0.39, 0.29) is 12.7 Å². The molecule has 5 nitrogen and oxygen atoms in total. The van der Waals surface area contributed by atoms with Crippen LogP contribution in [0.25, 0.3) is 0 Å². The van der Waals surface area contributed by atoms with Gasteiger partial charge >= 0.3 is 0 Å². The van der Waals surface area contributed by atoms with Gasteiger partial charge in [0.25, 0.3) is 0 Å². The molecule has 0 aromatic carbocycles. The van der Waals surface area contributed by atoms with E-state index < -0.39 is 0 Å². The van der Waals surface area contributed by atoms with Crippen LogP contribution in [-0.2, 0) is 17.6 Å². The summed E-state index contributed by atoms with van der Waals surface area (Å²) in [6.07, 6.45) is 4.50. The fourth-order valence-corrected chi connectivity index (χ4v) is 2.98. The number of aromatic nitrogens is 2. The third kappa shape index (κ3) is 2.58. The molecule has 1 N–H and O–H groups in total. The van der Waals surface area contributed by atoms with E-state index in [9.17, 15) is 5.11 Å². The molecule has 1 atom stereocenters. The summed E-state index contributed by atoms with van der Waals surface area (Å²) in [4.78, 5) is 11.5. The predicted molar refractivity (Wildman–Crippen MR) is 72.4 cm³/mol. The Labute approximate surface area is 113 Å². The molecule has 104 valence electrons. The summed E-state index contributed by atoms with van der Waals surface area (Å²) in [5, 5.41) is 9.26. The molecule has 2 aliphatic rings. The Morgan fingerprint density at radius 3 is 3.00 bits per heavy atom. The van der Waals surface area contributed by atoms with E-state index in [4.69, 9.17) is 4.74 Å². The minimum atomic E-state index is -0.0942. The van der Waals surface area contributed by atoms with Gasteiger partial charge in [-0.1, -0.05) is 0 Å². The van der Waals surface area contributed by atoms with Gasteiger partial charge in [0, 0.05) is 24.3 Å². The smallest absolute Gasteiger partial charge is 0.135 e. The molecule has 1 unspecified atom stereocenters. The first-order chi connectivity index (χ1) is 9.28. The van der Waals surface area contributed by atoms with Gasteiger partial charge in [0.2, 0.25) is 0 Å². The van der Waals surface area contributed by atoms with E-state index in [1.807, 2.05) is 6.92 Å². The van der Waals surface area contributed by atoms with Crippen LogP contribution in [0.5, 0.6) is 0 Å². The highest BCUT2D eigenvalue weighted by atomic mass is 16.5. The van der Waals surface area contributed by atoms with Crippen LogP contribution in [0.1, 0.15) is 29.9 Å². The molecular weight excluding hydrogens is 242 g/mol. The van der Waals surface area contributed by atoms with Crippen molar-refractivity contribution in [1.82, 2.24) is 9.97 Å². The average Bonchev–Trinajstić information content (AvgIpc) is 2.46. The Kier molecular flexibility index (Phi) is 3.66. The first-order valence-electron chi connectivity index (χ1n) is 7.11. The molecule has 0 amide bonds. The largest absolute Gasteiger partial charge is 0.394 e. The molecule has 3 rings (SSSR count). The number of ether oxygens (including phenoxy) is 1. The summed E-state index contributed by atoms with van der Waals surface area (Å²) in [5.74, 6) is 1.92. The number of fused-ring (bicyclic) bond motifs is 1. The van der Waals surface area contributed by atoms with Crippen molar-refractivity contribution >= 4 is 5.82 Å². The summed E-state index contributed by atoms with van der Waals surface area (Å²) < 4.78 is 5.52. The molecule has 1 saturated heterocycles. The molecule has 1 fully saturated rings. The molecular formula is C14H21N3O2. The molecule has 5 heteroatoms. The minimum absolute atomic E-state index is 0.0722. The number of hydrogen-bond donors (Lipinski definition) is 1. The Bertz CT molecular complexity index is 464. The van der Waals surface area contributed by atoms with Gasteiger partial charge in [0.1, 0.15) is 11.6 Å². The highest BCUT2D eigenvalue weighted by Gasteiger charge is 2.25. The second-order valence-electron chi connectivity index (χ2n) is 5.35. The van der Waals surface area contributed by atoms with Crippen LogP contribution in [0.2, 0.25) is 0 Å². The van der Waals surface area contributed by atoms with Crippen LogP contribution >= 0.6 is 0 Å². The number of anilines is 1. The van der Waals surface area contributed by atoms with Crippen molar-refractivity contribution in [2.24, 2.45) is 0 Å². The summed E-state index contributed by atoms with van der Waals surface area (Å²) in [7, 11) is 0. The van der Waals surface area contributed by atoms with Crippen molar-refractivity contribution in [1.29, 1.82) is 0 Å². The summed E-state index contributed by atoms with van der Waals surface area (Å²) in [6.45, 7) is 4.26. The van der Waals surface area contributed by atoms with E-state index in [0.717, 1.165) is 37.6 Å². The predicted octanol–water partition coefficient (Wildman–Crippen LogP) is 0.861. The molecule has 1 aromatic rings. The third-order valence-corrected chi connectivity index (χ3v) is 3.92. The van der Waals surface area contributed by atoms with Gasteiger partial charge in [-0.2, -0.15) is 0 Å². The van der Waals surface area contributed by atoms with E-state index in [1.165, 1.54) is 24.1 Å².